The molecule has 0 aliphatic heterocycles. The molecule has 2 aromatic rings. The summed E-state index contributed by atoms with van der Waals surface area (Å²) >= 11 is 0. The van der Waals surface area contributed by atoms with Crippen LogP contribution in [0.5, 0.6) is 11.5 Å². The van der Waals surface area contributed by atoms with Gasteiger partial charge in [-0.2, -0.15) is 0 Å². The first-order chi connectivity index (χ1) is 15.4. The van der Waals surface area contributed by atoms with Gasteiger partial charge in [-0.1, -0.05) is 38.3 Å². The molecule has 32 heavy (non-hydrogen) atoms. The van der Waals surface area contributed by atoms with Crippen molar-refractivity contribution >= 4 is 17.6 Å². The molecular weight excluding hydrogens is 406 g/mol. The third kappa shape index (κ3) is 5.06. The molecule has 1 amide bonds. The van der Waals surface area contributed by atoms with Gasteiger partial charge in [0.2, 0.25) is 5.91 Å². The van der Waals surface area contributed by atoms with E-state index in [1.807, 2.05) is 38.1 Å². The summed E-state index contributed by atoms with van der Waals surface area (Å²) in [5, 5.41) is 3.06. The van der Waals surface area contributed by atoms with Crippen molar-refractivity contribution in [2.45, 2.75) is 63.9 Å². The van der Waals surface area contributed by atoms with Crippen molar-refractivity contribution in [3.63, 3.8) is 0 Å². The maximum absolute atomic E-state index is 13.6. The number of hydrogen-bond acceptors (Lipinski definition) is 5. The quantitative estimate of drug-likeness (QED) is 0.550. The van der Waals surface area contributed by atoms with Crippen molar-refractivity contribution < 1.29 is 23.8 Å². The van der Waals surface area contributed by atoms with Crippen LogP contribution in [0, 0.1) is 0 Å². The van der Waals surface area contributed by atoms with Gasteiger partial charge >= 0.3 is 5.97 Å². The van der Waals surface area contributed by atoms with E-state index in [1.165, 1.54) is 7.11 Å². The number of carbonyl (C=O) groups excluding carboxylic acids is 2. The van der Waals surface area contributed by atoms with Crippen LogP contribution >= 0.6 is 0 Å². The smallest absolute Gasteiger partial charge is 0.341 e. The van der Waals surface area contributed by atoms with E-state index in [2.05, 4.69) is 5.32 Å². The van der Waals surface area contributed by atoms with Gasteiger partial charge in [-0.05, 0) is 62.1 Å². The third-order valence-corrected chi connectivity index (χ3v) is 6.33. The van der Waals surface area contributed by atoms with E-state index >= 15 is 0 Å². The molecule has 0 heterocycles. The lowest BCUT2D eigenvalue weighted by Crippen LogP contribution is -2.42. The standard InChI is InChI=1S/C26H33NO5/c1-5-18(2)32-23-14-11-20(17-22(23)24(28)31-4)27-25(29)26(15-7-6-8-16-26)19-9-12-21(30-3)13-10-19/h9-14,17-18H,5-8,15-16H2,1-4H3,(H,27,29)/t18-/m0/s1. The summed E-state index contributed by atoms with van der Waals surface area (Å²) < 4.78 is 16.1. The first kappa shape index (κ1) is 23.6. The second-order valence-corrected chi connectivity index (χ2v) is 8.36. The minimum Gasteiger partial charge on any atom is -0.497 e. The van der Waals surface area contributed by atoms with E-state index in [0.717, 1.165) is 49.8 Å². The number of carbonyl (C=O) groups is 2. The molecule has 0 bridgehead atoms. The van der Waals surface area contributed by atoms with Crippen LogP contribution < -0.4 is 14.8 Å². The molecule has 1 saturated carbocycles. The van der Waals surface area contributed by atoms with Crippen molar-refractivity contribution in [3.05, 3.63) is 53.6 Å². The minimum atomic E-state index is -0.609. The Balaban J connectivity index is 1.91. The molecule has 172 valence electrons. The number of benzene rings is 2. The van der Waals surface area contributed by atoms with E-state index in [1.54, 1.807) is 25.3 Å². The highest BCUT2D eigenvalue weighted by atomic mass is 16.5. The van der Waals surface area contributed by atoms with Crippen LogP contribution in [0.4, 0.5) is 5.69 Å². The number of ether oxygens (including phenoxy) is 3. The van der Waals surface area contributed by atoms with Gasteiger partial charge in [0.1, 0.15) is 17.1 Å². The summed E-state index contributed by atoms with van der Waals surface area (Å²) in [6.45, 7) is 3.96. The zero-order valence-electron chi connectivity index (χ0n) is 19.4. The van der Waals surface area contributed by atoms with Crippen LogP contribution in [0.1, 0.15) is 68.3 Å². The Bertz CT molecular complexity index is 932. The van der Waals surface area contributed by atoms with E-state index in [9.17, 15) is 9.59 Å². The molecule has 0 aromatic heterocycles. The number of esters is 1. The maximum Gasteiger partial charge on any atom is 0.341 e. The summed E-state index contributed by atoms with van der Waals surface area (Å²) in [5.41, 5.74) is 1.22. The topological polar surface area (TPSA) is 73.9 Å². The molecule has 2 aromatic carbocycles. The van der Waals surface area contributed by atoms with Gasteiger partial charge in [0.25, 0.3) is 0 Å². The average molecular weight is 440 g/mol. The van der Waals surface area contributed by atoms with E-state index in [4.69, 9.17) is 14.2 Å². The van der Waals surface area contributed by atoms with E-state index in [0.29, 0.717) is 17.0 Å². The Labute approximate surface area is 190 Å². The molecule has 0 radical (unpaired) electrons. The summed E-state index contributed by atoms with van der Waals surface area (Å²) in [6, 6.07) is 12.9. The lowest BCUT2D eigenvalue weighted by Gasteiger charge is -2.36. The summed E-state index contributed by atoms with van der Waals surface area (Å²) in [5.74, 6) is 0.655. The van der Waals surface area contributed by atoms with Gasteiger partial charge in [-0.3, -0.25) is 4.79 Å². The van der Waals surface area contributed by atoms with Crippen LogP contribution in [0.2, 0.25) is 0 Å². The second-order valence-electron chi connectivity index (χ2n) is 8.36. The number of anilines is 1. The van der Waals surface area contributed by atoms with Crippen molar-refractivity contribution in [2.75, 3.05) is 19.5 Å². The lowest BCUT2D eigenvalue weighted by molar-refractivity contribution is -0.122. The van der Waals surface area contributed by atoms with E-state index < -0.39 is 11.4 Å². The van der Waals surface area contributed by atoms with Crippen molar-refractivity contribution in [3.8, 4) is 11.5 Å². The molecule has 1 aliphatic rings. The maximum atomic E-state index is 13.6. The summed E-state index contributed by atoms with van der Waals surface area (Å²) in [6.07, 6.45) is 5.44. The van der Waals surface area contributed by atoms with Crippen LogP contribution in [0.15, 0.2) is 42.5 Å². The highest BCUT2D eigenvalue weighted by Gasteiger charge is 2.41. The van der Waals surface area contributed by atoms with Gasteiger partial charge in [0, 0.05) is 5.69 Å². The Morgan fingerprint density at radius 3 is 2.31 bits per heavy atom. The Kier molecular flexibility index (Phi) is 7.78. The zero-order chi connectivity index (χ0) is 23.1. The summed E-state index contributed by atoms with van der Waals surface area (Å²) in [7, 11) is 2.97. The number of amides is 1. The van der Waals surface area contributed by atoms with Crippen molar-refractivity contribution in [1.82, 2.24) is 0 Å². The second kappa shape index (κ2) is 10.5. The number of rotatable bonds is 8. The highest BCUT2D eigenvalue weighted by molar-refractivity contribution is 6.01. The molecule has 0 spiro atoms. The van der Waals surface area contributed by atoms with Crippen LogP contribution in [0.3, 0.4) is 0 Å². The predicted molar refractivity (Wildman–Crippen MR) is 125 cm³/mol. The molecule has 1 N–H and O–H groups in total. The van der Waals surface area contributed by atoms with Gasteiger partial charge < -0.3 is 19.5 Å². The molecule has 1 atom stereocenters. The number of nitrogens with one attached hydrogen (secondary N) is 1. The minimum absolute atomic E-state index is 0.0422. The largest absolute Gasteiger partial charge is 0.497 e. The van der Waals surface area contributed by atoms with Crippen LogP contribution in [-0.2, 0) is 14.9 Å². The van der Waals surface area contributed by atoms with Crippen molar-refractivity contribution in [1.29, 1.82) is 0 Å². The third-order valence-electron chi connectivity index (χ3n) is 6.33. The van der Waals surface area contributed by atoms with Gasteiger partial charge in [-0.25, -0.2) is 4.79 Å². The normalized spacial score (nSPS) is 16.0. The molecule has 0 unspecified atom stereocenters. The predicted octanol–water partition coefficient (Wildman–Crippen LogP) is 5.50. The Hall–Kier alpha value is -3.02. The van der Waals surface area contributed by atoms with Gasteiger partial charge in [-0.15, -0.1) is 0 Å². The molecule has 1 fully saturated rings. The molecule has 1 aliphatic carbocycles. The molecule has 3 rings (SSSR count). The van der Waals surface area contributed by atoms with Crippen molar-refractivity contribution in [2.24, 2.45) is 0 Å². The average Bonchev–Trinajstić information content (AvgIpc) is 2.84. The molecule has 6 nitrogen and oxygen atoms in total. The van der Waals surface area contributed by atoms with Crippen LogP contribution in [0.25, 0.3) is 0 Å². The Morgan fingerprint density at radius 1 is 1.03 bits per heavy atom. The SMILES string of the molecule is CC[C@H](C)Oc1ccc(NC(=O)C2(c3ccc(OC)cc3)CCCCC2)cc1C(=O)OC. The number of methoxy groups -OCH3 is 2. The molecule has 6 heteroatoms. The fourth-order valence-corrected chi connectivity index (χ4v) is 4.24. The van der Waals surface area contributed by atoms with Gasteiger partial charge in [0.05, 0.1) is 25.7 Å². The van der Waals surface area contributed by atoms with Gasteiger partial charge in [0.15, 0.2) is 0 Å². The fraction of sp³-hybridized carbons (Fsp3) is 0.462. The lowest BCUT2D eigenvalue weighted by atomic mass is 9.68. The first-order valence-corrected chi connectivity index (χ1v) is 11.3. The summed E-state index contributed by atoms with van der Waals surface area (Å²) in [4.78, 5) is 26.0. The highest BCUT2D eigenvalue weighted by Crippen LogP contribution is 2.41. The number of hydrogen-bond donors (Lipinski definition) is 1. The molecular formula is C26H33NO5. The first-order valence-electron chi connectivity index (χ1n) is 11.3. The zero-order valence-corrected chi connectivity index (χ0v) is 19.4. The van der Waals surface area contributed by atoms with E-state index in [-0.39, 0.29) is 12.0 Å². The molecule has 0 saturated heterocycles. The Morgan fingerprint density at radius 2 is 1.72 bits per heavy atom. The monoisotopic (exact) mass is 439 g/mol. The van der Waals surface area contributed by atoms with Crippen LogP contribution in [-0.4, -0.2) is 32.2 Å². The fourth-order valence-electron chi connectivity index (χ4n) is 4.24.